The summed E-state index contributed by atoms with van der Waals surface area (Å²) >= 11 is 0. The van der Waals surface area contributed by atoms with Crippen LogP contribution >= 0.6 is 0 Å². The van der Waals surface area contributed by atoms with Crippen LogP contribution in [0.25, 0.3) is 0 Å². The number of para-hydroxylation sites is 1. The van der Waals surface area contributed by atoms with Gasteiger partial charge in [0.15, 0.2) is 0 Å². The van der Waals surface area contributed by atoms with Crippen molar-refractivity contribution in [2.45, 2.75) is 18.7 Å². The largest absolute Gasteiger partial charge is 0.399 e. The van der Waals surface area contributed by atoms with Crippen molar-refractivity contribution in [2.75, 3.05) is 16.6 Å². The molecule has 0 bridgehead atoms. The van der Waals surface area contributed by atoms with Gasteiger partial charge in [-0.1, -0.05) is 18.2 Å². The van der Waals surface area contributed by atoms with Crippen molar-refractivity contribution >= 4 is 21.4 Å². The third-order valence-electron chi connectivity index (χ3n) is 3.14. The van der Waals surface area contributed by atoms with E-state index in [-0.39, 0.29) is 4.90 Å². The quantitative estimate of drug-likeness (QED) is 0.881. The molecule has 0 aliphatic heterocycles. The summed E-state index contributed by atoms with van der Waals surface area (Å²) in [4.78, 5) is 0.247. The van der Waals surface area contributed by atoms with E-state index in [0.29, 0.717) is 17.9 Å². The second-order valence-corrected chi connectivity index (χ2v) is 6.39. The Morgan fingerprint density at radius 3 is 2.20 bits per heavy atom. The molecular weight excluding hydrogens is 272 g/mol. The molecule has 2 aromatic rings. The molecule has 0 fully saturated rings. The molecule has 2 N–H and O–H groups in total. The summed E-state index contributed by atoms with van der Waals surface area (Å²) < 4.78 is 26.8. The third-order valence-corrected chi connectivity index (χ3v) is 5.04. The molecule has 0 saturated carbocycles. The zero-order valence-electron chi connectivity index (χ0n) is 11.6. The number of nitrogens with two attached hydrogens (primary N) is 1. The average Bonchev–Trinajstić information content (AvgIpc) is 2.42. The molecule has 2 aromatic carbocycles. The molecule has 0 radical (unpaired) electrons. The van der Waals surface area contributed by atoms with Crippen LogP contribution < -0.4 is 10.0 Å². The maximum atomic E-state index is 12.7. The topological polar surface area (TPSA) is 63.4 Å². The Hall–Kier alpha value is -2.01. The maximum Gasteiger partial charge on any atom is 0.264 e. The van der Waals surface area contributed by atoms with Gasteiger partial charge < -0.3 is 5.73 Å². The van der Waals surface area contributed by atoms with E-state index in [1.807, 2.05) is 38.1 Å². The summed E-state index contributed by atoms with van der Waals surface area (Å²) in [5, 5.41) is 0. The highest BCUT2D eigenvalue weighted by atomic mass is 32.2. The zero-order chi connectivity index (χ0) is 14.8. The van der Waals surface area contributed by atoms with Gasteiger partial charge in [-0.05, 0) is 49.7 Å². The van der Waals surface area contributed by atoms with Gasteiger partial charge in [0.25, 0.3) is 10.0 Å². The lowest BCUT2D eigenvalue weighted by molar-refractivity contribution is 0.592. The number of anilines is 2. The van der Waals surface area contributed by atoms with Gasteiger partial charge in [-0.3, -0.25) is 4.31 Å². The molecule has 0 unspecified atom stereocenters. The standard InChI is InChI=1S/C15H18N2O2S/c1-3-17(15-7-5-4-6-12(15)2)20(18,19)14-10-8-13(16)9-11-14/h4-11H,3,16H2,1-2H3. The molecule has 0 amide bonds. The van der Waals surface area contributed by atoms with Crippen LogP contribution in [0.1, 0.15) is 12.5 Å². The number of benzene rings is 2. The number of hydrogen-bond acceptors (Lipinski definition) is 3. The Morgan fingerprint density at radius 1 is 1.05 bits per heavy atom. The summed E-state index contributed by atoms with van der Waals surface area (Å²) in [6.45, 7) is 4.09. The van der Waals surface area contributed by atoms with E-state index in [4.69, 9.17) is 5.73 Å². The van der Waals surface area contributed by atoms with Crippen LogP contribution in [0.15, 0.2) is 53.4 Å². The number of aryl methyl sites for hydroxylation is 1. The molecule has 0 saturated heterocycles. The van der Waals surface area contributed by atoms with Crippen molar-refractivity contribution in [3.05, 3.63) is 54.1 Å². The molecule has 0 atom stereocenters. The van der Waals surface area contributed by atoms with Gasteiger partial charge in [0.2, 0.25) is 0 Å². The average molecular weight is 290 g/mol. The summed E-state index contributed by atoms with van der Waals surface area (Å²) in [6.07, 6.45) is 0. The number of hydrogen-bond donors (Lipinski definition) is 1. The molecule has 0 spiro atoms. The second-order valence-electron chi connectivity index (χ2n) is 4.53. The highest BCUT2D eigenvalue weighted by molar-refractivity contribution is 7.92. The van der Waals surface area contributed by atoms with Crippen molar-refractivity contribution in [3.63, 3.8) is 0 Å². The predicted molar refractivity (Wildman–Crippen MR) is 82.2 cm³/mol. The van der Waals surface area contributed by atoms with Gasteiger partial charge in [-0.15, -0.1) is 0 Å². The highest BCUT2D eigenvalue weighted by Gasteiger charge is 2.24. The minimum atomic E-state index is -3.57. The Labute approximate surface area is 119 Å². The first-order valence-corrected chi connectivity index (χ1v) is 7.84. The van der Waals surface area contributed by atoms with Crippen LogP contribution in [0.5, 0.6) is 0 Å². The lowest BCUT2D eigenvalue weighted by atomic mass is 10.2. The molecule has 0 aromatic heterocycles. The van der Waals surface area contributed by atoms with Crippen LogP contribution in [0.3, 0.4) is 0 Å². The van der Waals surface area contributed by atoms with E-state index in [1.165, 1.54) is 16.4 Å². The first-order chi connectivity index (χ1) is 9.46. The summed E-state index contributed by atoms with van der Waals surface area (Å²) in [5.74, 6) is 0. The fourth-order valence-corrected chi connectivity index (χ4v) is 3.62. The van der Waals surface area contributed by atoms with E-state index in [2.05, 4.69) is 0 Å². The van der Waals surface area contributed by atoms with Crippen molar-refractivity contribution in [1.29, 1.82) is 0 Å². The molecule has 20 heavy (non-hydrogen) atoms. The normalized spacial score (nSPS) is 11.3. The summed E-state index contributed by atoms with van der Waals surface area (Å²) in [6, 6.07) is 13.7. The van der Waals surface area contributed by atoms with Crippen LogP contribution in [-0.2, 0) is 10.0 Å². The maximum absolute atomic E-state index is 12.7. The second kappa shape index (κ2) is 5.54. The van der Waals surface area contributed by atoms with E-state index >= 15 is 0 Å². The van der Waals surface area contributed by atoms with E-state index < -0.39 is 10.0 Å². The van der Waals surface area contributed by atoms with Gasteiger partial charge in [0.05, 0.1) is 10.6 Å². The van der Waals surface area contributed by atoms with Gasteiger partial charge in [0, 0.05) is 12.2 Å². The monoisotopic (exact) mass is 290 g/mol. The number of nitrogen functional groups attached to an aromatic ring is 1. The number of rotatable bonds is 4. The highest BCUT2D eigenvalue weighted by Crippen LogP contribution is 2.26. The Balaban J connectivity index is 2.51. The molecule has 5 heteroatoms. The van der Waals surface area contributed by atoms with Crippen molar-refractivity contribution < 1.29 is 8.42 Å². The SMILES string of the molecule is CCN(c1ccccc1C)S(=O)(=O)c1ccc(N)cc1. The van der Waals surface area contributed by atoms with Gasteiger partial charge >= 0.3 is 0 Å². The Morgan fingerprint density at radius 2 is 1.65 bits per heavy atom. The molecule has 4 nitrogen and oxygen atoms in total. The summed E-state index contributed by atoms with van der Waals surface area (Å²) in [7, 11) is -3.57. The van der Waals surface area contributed by atoms with Crippen molar-refractivity contribution in [3.8, 4) is 0 Å². The summed E-state index contributed by atoms with van der Waals surface area (Å²) in [5.41, 5.74) is 7.77. The Bertz CT molecular complexity index is 694. The molecule has 106 valence electrons. The molecule has 0 aliphatic carbocycles. The van der Waals surface area contributed by atoms with E-state index in [9.17, 15) is 8.42 Å². The van der Waals surface area contributed by atoms with Gasteiger partial charge in [-0.25, -0.2) is 8.42 Å². The smallest absolute Gasteiger partial charge is 0.264 e. The van der Waals surface area contributed by atoms with Gasteiger partial charge in [-0.2, -0.15) is 0 Å². The first kappa shape index (κ1) is 14.4. The Kier molecular flexibility index (Phi) is 3.99. The van der Waals surface area contributed by atoms with Crippen molar-refractivity contribution in [1.82, 2.24) is 0 Å². The predicted octanol–water partition coefficient (Wildman–Crippen LogP) is 2.79. The van der Waals surface area contributed by atoms with E-state index in [1.54, 1.807) is 12.1 Å². The minimum absolute atomic E-state index is 0.247. The number of nitrogens with zero attached hydrogens (tertiary/aromatic N) is 1. The molecule has 0 heterocycles. The lowest BCUT2D eigenvalue weighted by Gasteiger charge is -2.24. The first-order valence-electron chi connectivity index (χ1n) is 6.40. The van der Waals surface area contributed by atoms with Crippen molar-refractivity contribution in [2.24, 2.45) is 0 Å². The van der Waals surface area contributed by atoms with Crippen LogP contribution in [-0.4, -0.2) is 15.0 Å². The zero-order valence-corrected chi connectivity index (χ0v) is 12.4. The van der Waals surface area contributed by atoms with Crippen LogP contribution in [0.4, 0.5) is 11.4 Å². The number of sulfonamides is 1. The van der Waals surface area contributed by atoms with Gasteiger partial charge in [0.1, 0.15) is 0 Å². The third kappa shape index (κ3) is 2.63. The molecular formula is C15H18N2O2S. The minimum Gasteiger partial charge on any atom is -0.399 e. The fraction of sp³-hybridized carbons (Fsp3) is 0.200. The lowest BCUT2D eigenvalue weighted by Crippen LogP contribution is -2.31. The van der Waals surface area contributed by atoms with E-state index in [0.717, 1.165) is 5.56 Å². The fourth-order valence-electron chi connectivity index (χ4n) is 2.08. The van der Waals surface area contributed by atoms with Crippen LogP contribution in [0, 0.1) is 6.92 Å². The molecule has 0 aliphatic rings. The molecule has 2 rings (SSSR count). The van der Waals surface area contributed by atoms with Crippen LogP contribution in [0.2, 0.25) is 0 Å².